The standard InChI is InChI=1S/C19H19F3N4O6/c1-30-15(27)14-13(24-16(25-17(28)31-2)26-18(29)32-3)11(9-23-14)8-10-4-6-12(7-5-10)19(20,21)22/h4-7,9,23H,8H2,1-3H3,(H2,24,25,26,28,29). The number of guanidine groups is 1. The highest BCUT2D eigenvalue weighted by Crippen LogP contribution is 2.31. The topological polar surface area (TPSA) is 131 Å². The van der Waals surface area contributed by atoms with Crippen LogP contribution in [0.1, 0.15) is 27.2 Å². The first kappa shape index (κ1) is 24.2. The minimum Gasteiger partial charge on any atom is -0.464 e. The van der Waals surface area contributed by atoms with Crippen molar-refractivity contribution < 1.29 is 41.8 Å². The van der Waals surface area contributed by atoms with Crippen molar-refractivity contribution in [2.45, 2.75) is 12.6 Å². The predicted octanol–water partition coefficient (Wildman–Crippen LogP) is 3.11. The number of hydrogen-bond donors (Lipinski definition) is 3. The molecule has 0 saturated carbocycles. The van der Waals surface area contributed by atoms with Crippen LogP contribution in [0.4, 0.5) is 28.4 Å². The maximum absolute atomic E-state index is 12.8. The van der Waals surface area contributed by atoms with Crippen LogP contribution >= 0.6 is 0 Å². The monoisotopic (exact) mass is 456 g/mol. The van der Waals surface area contributed by atoms with Gasteiger partial charge in [0.15, 0.2) is 5.69 Å². The average Bonchev–Trinajstić information content (AvgIpc) is 3.14. The Morgan fingerprint density at radius 2 is 1.53 bits per heavy atom. The van der Waals surface area contributed by atoms with Crippen molar-refractivity contribution in [3.63, 3.8) is 0 Å². The zero-order chi connectivity index (χ0) is 23.9. The minimum atomic E-state index is -4.48. The van der Waals surface area contributed by atoms with Crippen LogP contribution in [0, 0.1) is 0 Å². The summed E-state index contributed by atoms with van der Waals surface area (Å²) in [5.74, 6) is -1.24. The van der Waals surface area contributed by atoms with E-state index in [1.165, 1.54) is 18.3 Å². The smallest absolute Gasteiger partial charge is 0.416 e. The minimum absolute atomic E-state index is 0.0282. The number of hydrogen-bond acceptors (Lipinski definition) is 7. The molecule has 0 aliphatic rings. The number of methoxy groups -OCH3 is 3. The van der Waals surface area contributed by atoms with E-state index >= 15 is 0 Å². The van der Waals surface area contributed by atoms with Crippen LogP contribution in [-0.4, -0.2) is 50.4 Å². The number of ether oxygens (including phenoxy) is 3. The van der Waals surface area contributed by atoms with Crippen LogP contribution in [0.15, 0.2) is 35.5 Å². The lowest BCUT2D eigenvalue weighted by molar-refractivity contribution is -0.137. The van der Waals surface area contributed by atoms with Crippen molar-refractivity contribution in [3.8, 4) is 0 Å². The Hall–Kier alpha value is -4.03. The molecule has 0 atom stereocenters. The molecule has 0 aliphatic heterocycles. The Balaban J connectivity index is 2.47. The van der Waals surface area contributed by atoms with E-state index in [-0.39, 0.29) is 17.8 Å². The van der Waals surface area contributed by atoms with E-state index in [0.29, 0.717) is 11.1 Å². The summed E-state index contributed by atoms with van der Waals surface area (Å²) < 4.78 is 52.0. The number of carbonyl (C=O) groups is 3. The van der Waals surface area contributed by atoms with E-state index in [1.54, 1.807) is 0 Å². The van der Waals surface area contributed by atoms with Gasteiger partial charge in [-0.3, -0.25) is 10.6 Å². The molecule has 2 amide bonds. The summed E-state index contributed by atoms with van der Waals surface area (Å²) in [6, 6.07) is 4.41. The van der Waals surface area contributed by atoms with Crippen molar-refractivity contribution in [2.75, 3.05) is 21.3 Å². The maximum Gasteiger partial charge on any atom is 0.416 e. The summed E-state index contributed by atoms with van der Waals surface area (Å²) in [6.07, 6.45) is -4.96. The summed E-state index contributed by atoms with van der Waals surface area (Å²) in [4.78, 5) is 42.1. The number of H-pyrrole nitrogens is 1. The molecule has 1 heterocycles. The Morgan fingerprint density at radius 3 is 2.00 bits per heavy atom. The molecule has 172 valence electrons. The molecule has 13 heteroatoms. The highest BCUT2D eigenvalue weighted by molar-refractivity contribution is 6.04. The van der Waals surface area contributed by atoms with E-state index in [9.17, 15) is 27.6 Å². The van der Waals surface area contributed by atoms with Gasteiger partial charge in [0.25, 0.3) is 0 Å². The molecule has 1 aromatic heterocycles. The first-order valence-electron chi connectivity index (χ1n) is 8.82. The molecule has 0 unspecified atom stereocenters. The molecule has 32 heavy (non-hydrogen) atoms. The van der Waals surface area contributed by atoms with Gasteiger partial charge in [0.1, 0.15) is 5.69 Å². The fourth-order valence-electron chi connectivity index (χ4n) is 2.50. The molecule has 2 aromatic rings. The molecule has 0 fully saturated rings. The van der Waals surface area contributed by atoms with Gasteiger partial charge in [-0.25, -0.2) is 19.4 Å². The number of rotatable bonds is 4. The van der Waals surface area contributed by atoms with Crippen molar-refractivity contribution in [3.05, 3.63) is 52.8 Å². The second kappa shape index (κ2) is 10.3. The average molecular weight is 456 g/mol. The fourth-order valence-corrected chi connectivity index (χ4v) is 2.50. The van der Waals surface area contributed by atoms with Crippen LogP contribution in [0.2, 0.25) is 0 Å². The van der Waals surface area contributed by atoms with E-state index < -0.39 is 35.9 Å². The first-order chi connectivity index (χ1) is 15.1. The summed E-state index contributed by atoms with van der Waals surface area (Å²) in [6.45, 7) is 0. The number of carbonyl (C=O) groups excluding carboxylic acids is 3. The third-order valence-corrected chi connectivity index (χ3v) is 4.03. The number of nitrogens with one attached hydrogen (secondary N) is 3. The van der Waals surface area contributed by atoms with Crippen molar-refractivity contribution in [1.82, 2.24) is 15.6 Å². The zero-order valence-corrected chi connectivity index (χ0v) is 17.1. The molecule has 0 bridgehead atoms. The summed E-state index contributed by atoms with van der Waals surface area (Å²) in [7, 11) is 3.29. The van der Waals surface area contributed by atoms with Crippen LogP contribution in [0.25, 0.3) is 0 Å². The van der Waals surface area contributed by atoms with E-state index in [0.717, 1.165) is 33.5 Å². The second-order valence-electron chi connectivity index (χ2n) is 6.09. The Kier molecular flexibility index (Phi) is 7.82. The van der Waals surface area contributed by atoms with Gasteiger partial charge in [-0.05, 0) is 17.7 Å². The highest BCUT2D eigenvalue weighted by Gasteiger charge is 2.30. The van der Waals surface area contributed by atoms with Crippen LogP contribution in [0.3, 0.4) is 0 Å². The van der Waals surface area contributed by atoms with E-state index in [2.05, 4.69) is 30.1 Å². The predicted molar refractivity (Wildman–Crippen MR) is 105 cm³/mol. The Labute approximate surface area is 179 Å². The molecule has 0 aliphatic carbocycles. The maximum atomic E-state index is 12.8. The number of benzene rings is 1. The number of alkyl carbamates (subject to hydrolysis) is 2. The number of nitrogens with zero attached hydrogens (tertiary/aromatic N) is 1. The quantitative estimate of drug-likeness (QED) is 0.280. The van der Waals surface area contributed by atoms with Crippen molar-refractivity contribution in [1.29, 1.82) is 0 Å². The normalized spacial score (nSPS) is 10.7. The molecule has 10 nitrogen and oxygen atoms in total. The largest absolute Gasteiger partial charge is 0.464 e. The zero-order valence-electron chi connectivity index (χ0n) is 17.1. The van der Waals surface area contributed by atoms with Gasteiger partial charge < -0.3 is 19.2 Å². The van der Waals surface area contributed by atoms with E-state index in [1.807, 2.05) is 0 Å². The number of alkyl halides is 3. The molecule has 3 N–H and O–H groups in total. The number of aromatic amines is 1. The van der Waals surface area contributed by atoms with Gasteiger partial charge in [-0.15, -0.1) is 0 Å². The molecule has 2 rings (SSSR count). The van der Waals surface area contributed by atoms with Crippen LogP contribution in [0.5, 0.6) is 0 Å². The summed E-state index contributed by atoms with van der Waals surface area (Å²) in [5, 5.41) is 4.31. The molecule has 0 spiro atoms. The van der Waals surface area contributed by atoms with Gasteiger partial charge in [0, 0.05) is 18.2 Å². The number of esters is 1. The van der Waals surface area contributed by atoms with Crippen LogP contribution in [-0.2, 0) is 26.8 Å². The first-order valence-corrected chi connectivity index (χ1v) is 8.82. The molecule has 1 aromatic carbocycles. The molecular weight excluding hydrogens is 437 g/mol. The van der Waals surface area contributed by atoms with E-state index in [4.69, 9.17) is 4.74 Å². The fraction of sp³-hybridized carbons (Fsp3) is 0.263. The second-order valence-corrected chi connectivity index (χ2v) is 6.09. The molecule has 0 radical (unpaired) electrons. The third kappa shape index (κ3) is 6.23. The number of halogens is 3. The highest BCUT2D eigenvalue weighted by atomic mass is 19.4. The van der Waals surface area contributed by atoms with Gasteiger partial charge in [-0.2, -0.15) is 13.2 Å². The van der Waals surface area contributed by atoms with Crippen molar-refractivity contribution in [2.24, 2.45) is 4.99 Å². The Morgan fingerprint density at radius 1 is 0.969 bits per heavy atom. The van der Waals surface area contributed by atoms with Gasteiger partial charge in [0.05, 0.1) is 26.9 Å². The lowest BCUT2D eigenvalue weighted by Gasteiger charge is -2.10. The van der Waals surface area contributed by atoms with Gasteiger partial charge in [-0.1, -0.05) is 12.1 Å². The number of aliphatic imine (C=N–C) groups is 1. The van der Waals surface area contributed by atoms with Gasteiger partial charge >= 0.3 is 24.3 Å². The van der Waals surface area contributed by atoms with Gasteiger partial charge in [0.2, 0.25) is 5.96 Å². The summed E-state index contributed by atoms with van der Waals surface area (Å²) in [5.41, 5.74) is -0.116. The molecule has 0 saturated heterocycles. The number of amides is 2. The van der Waals surface area contributed by atoms with Crippen LogP contribution < -0.4 is 10.6 Å². The SMILES string of the molecule is COC(=O)NC(=Nc1c(Cc2ccc(C(F)(F)F)cc2)c[nH]c1C(=O)OC)NC(=O)OC. The number of aromatic nitrogens is 1. The Bertz CT molecular complexity index is 995. The summed E-state index contributed by atoms with van der Waals surface area (Å²) >= 11 is 0. The van der Waals surface area contributed by atoms with Crippen molar-refractivity contribution >= 4 is 29.8 Å². The lowest BCUT2D eigenvalue weighted by Crippen LogP contribution is -2.43. The third-order valence-electron chi connectivity index (χ3n) is 4.03. The molecular formula is C19H19F3N4O6. The lowest BCUT2D eigenvalue weighted by atomic mass is 10.0.